The zero-order valence-corrected chi connectivity index (χ0v) is 25.4. The minimum atomic E-state index is -4.12. The van der Waals surface area contributed by atoms with Gasteiger partial charge in [0.15, 0.2) is 5.78 Å². The summed E-state index contributed by atoms with van der Waals surface area (Å²) in [7, 11) is -4.12. The minimum absolute atomic E-state index is 0.0159. The average Bonchev–Trinajstić information content (AvgIpc) is 3.22. The van der Waals surface area contributed by atoms with Crippen molar-refractivity contribution < 1.29 is 31.8 Å². The Balaban J connectivity index is 1.41. The van der Waals surface area contributed by atoms with Gasteiger partial charge in [-0.1, -0.05) is 60.0 Å². The van der Waals surface area contributed by atoms with Crippen molar-refractivity contribution in [1.29, 1.82) is 0 Å². The van der Waals surface area contributed by atoms with E-state index < -0.39 is 52.0 Å². The molecule has 3 aromatic carbocycles. The van der Waals surface area contributed by atoms with Crippen molar-refractivity contribution in [1.82, 2.24) is 10.0 Å². The van der Waals surface area contributed by atoms with Crippen LogP contribution in [0, 0.1) is 24.7 Å². The zero-order chi connectivity index (χ0) is 31.1. The van der Waals surface area contributed by atoms with Gasteiger partial charge in [-0.25, -0.2) is 5.01 Å². The number of ketones is 1. The van der Waals surface area contributed by atoms with Gasteiger partial charge in [0.25, 0.3) is 17.7 Å². The summed E-state index contributed by atoms with van der Waals surface area (Å²) in [5.74, 6) is -4.22. The summed E-state index contributed by atoms with van der Waals surface area (Å²) < 4.78 is 30.5. The lowest BCUT2D eigenvalue weighted by atomic mass is 9.78. The number of imide groups is 1. The largest absolute Gasteiger partial charge is 0.379 e. The van der Waals surface area contributed by atoms with Crippen LogP contribution < -0.4 is 4.18 Å². The number of fused-ring (bicyclic) bond motifs is 1. The normalized spacial score (nSPS) is 19.7. The molecule has 0 N–H and O–H groups in total. The van der Waals surface area contributed by atoms with E-state index in [0.29, 0.717) is 6.42 Å². The van der Waals surface area contributed by atoms with Gasteiger partial charge in [0.1, 0.15) is 17.2 Å². The quantitative estimate of drug-likeness (QED) is 0.138. The van der Waals surface area contributed by atoms with Crippen LogP contribution in [-0.2, 0) is 19.7 Å². The molecule has 12 heteroatoms. The number of hydrazine groups is 1. The van der Waals surface area contributed by atoms with Gasteiger partial charge < -0.3 is 4.18 Å². The number of rotatable bonds is 8. The van der Waals surface area contributed by atoms with E-state index in [9.17, 15) is 27.6 Å². The second-order valence-corrected chi connectivity index (χ2v) is 12.8. The van der Waals surface area contributed by atoms with Gasteiger partial charge in [0.2, 0.25) is 0 Å². The molecule has 0 radical (unpaired) electrons. The first-order valence-corrected chi connectivity index (χ1v) is 15.5. The van der Waals surface area contributed by atoms with Gasteiger partial charge >= 0.3 is 10.1 Å². The molecule has 0 saturated carbocycles. The molecule has 1 aliphatic carbocycles. The molecule has 43 heavy (non-hydrogen) atoms. The number of halogens is 2. The molecule has 0 unspecified atom stereocenters. The Morgan fingerprint density at radius 1 is 0.977 bits per heavy atom. The van der Waals surface area contributed by atoms with Crippen molar-refractivity contribution in [2.75, 3.05) is 6.54 Å². The second-order valence-electron chi connectivity index (χ2n) is 10.4. The van der Waals surface area contributed by atoms with E-state index >= 15 is 0 Å². The number of nitrogens with zero attached hydrogens (tertiary/aromatic N) is 2. The summed E-state index contributed by atoms with van der Waals surface area (Å²) in [4.78, 5) is 54.2. The molecule has 5 rings (SSSR count). The number of carbonyl (C=O) groups excluding carboxylic acids is 4. The third-order valence-corrected chi connectivity index (χ3v) is 9.28. The third-order valence-electron chi connectivity index (χ3n) is 7.47. The fourth-order valence-electron chi connectivity index (χ4n) is 5.21. The highest BCUT2D eigenvalue weighted by Crippen LogP contribution is 2.39. The average molecular weight is 642 g/mol. The fraction of sp³-hybridized carbons (Fsp3) is 0.226. The van der Waals surface area contributed by atoms with Crippen LogP contribution in [0.15, 0.2) is 83.8 Å². The van der Waals surface area contributed by atoms with Crippen molar-refractivity contribution in [2.45, 2.75) is 25.2 Å². The molecule has 1 aliphatic heterocycles. The summed E-state index contributed by atoms with van der Waals surface area (Å²) >= 11 is 12.3. The van der Waals surface area contributed by atoms with Gasteiger partial charge in [-0.2, -0.15) is 13.4 Å². The molecule has 3 amide bonds. The van der Waals surface area contributed by atoms with Crippen LogP contribution in [0.5, 0.6) is 5.75 Å². The standard InChI is InChI=1S/C31H26Cl2N2O7S/c1-18-6-13-23(14-7-18)43(40,41)42-22-11-8-20(9-12-22)27(36)17-34(29(37)24-15-10-21(32)16-26(24)33)35-30(38)25-5-3-4-19(2)28(25)31(35)39/h3-4,6-16,19,25,28H,5,17H2,1-2H3/t19-,25-,28+/m1/s1. The number of carbonyl (C=O) groups is 4. The summed E-state index contributed by atoms with van der Waals surface area (Å²) in [5, 5.41) is 1.84. The highest BCUT2D eigenvalue weighted by Gasteiger charge is 2.53. The van der Waals surface area contributed by atoms with Crippen molar-refractivity contribution in [3.05, 3.63) is 106 Å². The number of aryl methyl sites for hydroxylation is 1. The SMILES string of the molecule is Cc1ccc(S(=O)(=O)Oc2ccc(C(=O)CN(C(=O)c3ccc(Cl)cc3Cl)N3C(=O)[C@H]4[C@H](C)C=CC[C@H]4C3=O)cc2)cc1. The number of benzene rings is 3. The molecule has 9 nitrogen and oxygen atoms in total. The van der Waals surface area contributed by atoms with Crippen molar-refractivity contribution in [2.24, 2.45) is 17.8 Å². The van der Waals surface area contributed by atoms with Crippen LogP contribution in [0.3, 0.4) is 0 Å². The van der Waals surface area contributed by atoms with Gasteiger partial charge in [-0.3, -0.25) is 19.2 Å². The first kappa shape index (κ1) is 30.5. The topological polar surface area (TPSA) is 118 Å². The zero-order valence-electron chi connectivity index (χ0n) is 23.1. The fourth-order valence-corrected chi connectivity index (χ4v) is 6.63. The van der Waals surface area contributed by atoms with E-state index in [4.69, 9.17) is 27.4 Å². The number of hydrogen-bond donors (Lipinski definition) is 0. The summed E-state index contributed by atoms with van der Waals surface area (Å²) in [5.41, 5.74) is 0.923. The van der Waals surface area contributed by atoms with Crippen molar-refractivity contribution in [3.8, 4) is 5.75 Å². The molecule has 0 spiro atoms. The summed E-state index contributed by atoms with van der Waals surface area (Å²) in [6, 6.07) is 15.5. The smallest absolute Gasteiger partial charge is 0.339 e. The number of hydrogen-bond acceptors (Lipinski definition) is 7. The lowest BCUT2D eigenvalue weighted by molar-refractivity contribution is -0.154. The maximum atomic E-state index is 13.8. The van der Waals surface area contributed by atoms with E-state index in [2.05, 4.69) is 0 Å². The van der Waals surface area contributed by atoms with Gasteiger partial charge in [-0.15, -0.1) is 0 Å². The predicted molar refractivity (Wildman–Crippen MR) is 159 cm³/mol. The molecule has 0 bridgehead atoms. The van der Waals surface area contributed by atoms with Crippen LogP contribution in [-0.4, -0.2) is 48.5 Å². The monoisotopic (exact) mass is 640 g/mol. The second kappa shape index (κ2) is 11.9. The molecule has 3 atom stereocenters. The highest BCUT2D eigenvalue weighted by atomic mass is 35.5. The van der Waals surface area contributed by atoms with Crippen molar-refractivity contribution in [3.63, 3.8) is 0 Å². The Kier molecular flexibility index (Phi) is 8.47. The minimum Gasteiger partial charge on any atom is -0.379 e. The molecule has 0 aromatic heterocycles. The summed E-state index contributed by atoms with van der Waals surface area (Å²) in [6.07, 6.45) is 4.02. The lowest BCUT2D eigenvalue weighted by Crippen LogP contribution is -2.52. The molecule has 1 fully saturated rings. The van der Waals surface area contributed by atoms with Gasteiger partial charge in [0, 0.05) is 10.6 Å². The van der Waals surface area contributed by atoms with Crippen LogP contribution in [0.4, 0.5) is 0 Å². The Hall–Kier alpha value is -3.99. The Morgan fingerprint density at radius 3 is 2.28 bits per heavy atom. The molecular weight excluding hydrogens is 615 g/mol. The Morgan fingerprint density at radius 2 is 1.65 bits per heavy atom. The maximum Gasteiger partial charge on any atom is 0.339 e. The lowest BCUT2D eigenvalue weighted by Gasteiger charge is -2.30. The van der Waals surface area contributed by atoms with Crippen LogP contribution in [0.2, 0.25) is 10.0 Å². The molecule has 1 saturated heterocycles. The van der Waals surface area contributed by atoms with Crippen LogP contribution in [0.1, 0.15) is 39.6 Å². The predicted octanol–water partition coefficient (Wildman–Crippen LogP) is 5.51. The Bertz CT molecular complexity index is 1760. The molecule has 1 heterocycles. The van der Waals surface area contributed by atoms with E-state index in [1.165, 1.54) is 54.6 Å². The van der Waals surface area contributed by atoms with E-state index in [0.717, 1.165) is 15.6 Å². The summed E-state index contributed by atoms with van der Waals surface area (Å²) in [6.45, 7) is 2.97. The first-order chi connectivity index (χ1) is 20.4. The van der Waals surface area contributed by atoms with Gasteiger partial charge in [0.05, 0.1) is 22.4 Å². The Labute approximate surface area is 258 Å². The number of allylic oxidation sites excluding steroid dienone is 2. The first-order valence-electron chi connectivity index (χ1n) is 13.3. The third kappa shape index (κ3) is 6.08. The van der Waals surface area contributed by atoms with E-state index in [1.54, 1.807) is 12.1 Å². The van der Waals surface area contributed by atoms with E-state index in [-0.39, 0.29) is 37.7 Å². The van der Waals surface area contributed by atoms with E-state index in [1.807, 2.05) is 26.0 Å². The molecular formula is C31H26Cl2N2O7S. The van der Waals surface area contributed by atoms with Gasteiger partial charge in [-0.05, 0) is 73.9 Å². The van der Waals surface area contributed by atoms with Crippen LogP contribution >= 0.6 is 23.2 Å². The maximum absolute atomic E-state index is 13.8. The number of Topliss-reactive ketones (excluding diaryl/α,β-unsaturated/α-hetero) is 1. The highest BCUT2D eigenvalue weighted by molar-refractivity contribution is 7.87. The number of amides is 3. The molecule has 222 valence electrons. The molecule has 3 aromatic rings. The molecule has 2 aliphatic rings. The van der Waals surface area contributed by atoms with Crippen molar-refractivity contribution >= 4 is 56.8 Å². The van der Waals surface area contributed by atoms with Crippen LogP contribution in [0.25, 0.3) is 0 Å².